The number of carbonyl (C=O) groups is 1. The van der Waals surface area contributed by atoms with Gasteiger partial charge in [0.05, 0.1) is 0 Å². The molecular formula is C16H24ClIN4O. The SMILES string of the molecule is CCNC(=NCC(=O)NC1CC1)N(C)Cc1ccc(Cl)cc1.I. The first-order chi connectivity index (χ1) is 10.6. The standard InChI is InChI=1S/C16H23ClN4O.HI/c1-3-18-16(19-10-15(22)20-14-8-9-14)21(2)11-12-4-6-13(17)7-5-12;/h4-7,14H,3,8-11H2,1-2H3,(H,18,19)(H,20,22);1H. The van der Waals surface area contributed by atoms with E-state index in [9.17, 15) is 4.79 Å². The summed E-state index contributed by atoms with van der Waals surface area (Å²) in [5, 5.41) is 6.87. The van der Waals surface area contributed by atoms with Crippen LogP contribution in [-0.2, 0) is 11.3 Å². The van der Waals surface area contributed by atoms with Gasteiger partial charge in [-0.2, -0.15) is 0 Å². The Morgan fingerprint density at radius 2 is 2.00 bits per heavy atom. The van der Waals surface area contributed by atoms with Crippen molar-refractivity contribution in [2.24, 2.45) is 4.99 Å². The summed E-state index contributed by atoms with van der Waals surface area (Å²) < 4.78 is 0. The lowest BCUT2D eigenvalue weighted by atomic mass is 10.2. The normalized spacial score (nSPS) is 14.0. The topological polar surface area (TPSA) is 56.7 Å². The minimum absolute atomic E-state index is 0. The van der Waals surface area contributed by atoms with Crippen molar-refractivity contribution in [1.82, 2.24) is 15.5 Å². The number of guanidine groups is 1. The van der Waals surface area contributed by atoms with Gasteiger partial charge >= 0.3 is 0 Å². The Bertz CT molecular complexity index is 531. The summed E-state index contributed by atoms with van der Waals surface area (Å²) in [6, 6.07) is 8.09. The molecule has 1 aromatic rings. The molecule has 2 N–H and O–H groups in total. The van der Waals surface area contributed by atoms with Crippen molar-refractivity contribution in [2.45, 2.75) is 32.4 Å². The molecule has 0 saturated heterocycles. The number of carbonyl (C=O) groups excluding carboxylic acids is 1. The molecular weight excluding hydrogens is 427 g/mol. The van der Waals surface area contributed by atoms with Gasteiger partial charge in [0.1, 0.15) is 6.54 Å². The molecule has 2 rings (SSSR count). The Balaban J connectivity index is 0.00000264. The van der Waals surface area contributed by atoms with Crippen LogP contribution in [0.25, 0.3) is 0 Å². The van der Waals surface area contributed by atoms with Crippen LogP contribution in [0.5, 0.6) is 0 Å². The summed E-state index contributed by atoms with van der Waals surface area (Å²) in [5.74, 6) is 0.709. The van der Waals surface area contributed by atoms with Gasteiger partial charge in [-0.25, -0.2) is 4.99 Å². The highest BCUT2D eigenvalue weighted by atomic mass is 127. The highest BCUT2D eigenvalue weighted by Gasteiger charge is 2.22. The Hall–Kier alpha value is -1.02. The van der Waals surface area contributed by atoms with Crippen LogP contribution < -0.4 is 10.6 Å². The van der Waals surface area contributed by atoms with Gasteiger partial charge in [-0.15, -0.1) is 24.0 Å². The second kappa shape index (κ2) is 9.97. The highest BCUT2D eigenvalue weighted by Crippen LogP contribution is 2.18. The summed E-state index contributed by atoms with van der Waals surface area (Å²) in [5.41, 5.74) is 1.14. The van der Waals surface area contributed by atoms with E-state index >= 15 is 0 Å². The van der Waals surface area contributed by atoms with Gasteiger partial charge < -0.3 is 15.5 Å². The minimum atomic E-state index is -0.0159. The monoisotopic (exact) mass is 450 g/mol. The fourth-order valence-electron chi connectivity index (χ4n) is 2.06. The van der Waals surface area contributed by atoms with Gasteiger partial charge in [0.2, 0.25) is 5.91 Å². The van der Waals surface area contributed by atoms with E-state index in [0.29, 0.717) is 12.6 Å². The van der Waals surface area contributed by atoms with Gasteiger partial charge in [0.25, 0.3) is 0 Å². The molecule has 0 heterocycles. The number of aliphatic imine (C=N–C) groups is 1. The van der Waals surface area contributed by atoms with Crippen LogP contribution in [0.2, 0.25) is 5.02 Å². The zero-order valence-electron chi connectivity index (χ0n) is 13.5. The molecule has 1 aliphatic rings. The third-order valence-electron chi connectivity index (χ3n) is 3.34. The van der Waals surface area contributed by atoms with E-state index in [1.54, 1.807) is 0 Å². The van der Waals surface area contributed by atoms with Gasteiger partial charge in [-0.05, 0) is 37.5 Å². The van der Waals surface area contributed by atoms with E-state index in [1.165, 1.54) is 0 Å². The first kappa shape index (κ1) is 20.0. The molecule has 0 unspecified atom stereocenters. The Morgan fingerprint density at radius 3 is 2.57 bits per heavy atom. The number of halogens is 2. The molecule has 0 radical (unpaired) electrons. The molecule has 0 bridgehead atoms. The molecule has 1 fully saturated rings. The third-order valence-corrected chi connectivity index (χ3v) is 3.60. The predicted molar refractivity (Wildman–Crippen MR) is 105 cm³/mol. The number of hydrogen-bond donors (Lipinski definition) is 2. The lowest BCUT2D eigenvalue weighted by Gasteiger charge is -2.22. The number of amides is 1. The van der Waals surface area contributed by atoms with Crippen molar-refractivity contribution < 1.29 is 4.79 Å². The van der Waals surface area contributed by atoms with E-state index in [4.69, 9.17) is 11.6 Å². The van der Waals surface area contributed by atoms with Crippen molar-refractivity contribution >= 4 is 47.4 Å². The molecule has 0 aliphatic heterocycles. The molecule has 0 aromatic heterocycles. The Kier molecular flexibility index (Phi) is 8.68. The zero-order chi connectivity index (χ0) is 15.9. The summed E-state index contributed by atoms with van der Waals surface area (Å²) in [6.07, 6.45) is 2.18. The fourth-order valence-corrected chi connectivity index (χ4v) is 2.18. The fraction of sp³-hybridized carbons (Fsp3) is 0.500. The maximum absolute atomic E-state index is 11.7. The molecule has 23 heavy (non-hydrogen) atoms. The largest absolute Gasteiger partial charge is 0.357 e. The molecule has 0 atom stereocenters. The van der Waals surface area contributed by atoms with Crippen molar-refractivity contribution in [3.8, 4) is 0 Å². The maximum Gasteiger partial charge on any atom is 0.242 e. The van der Waals surface area contributed by atoms with E-state index in [0.717, 1.165) is 35.9 Å². The zero-order valence-corrected chi connectivity index (χ0v) is 16.6. The average Bonchev–Trinajstić information content (AvgIpc) is 3.29. The summed E-state index contributed by atoms with van der Waals surface area (Å²) in [6.45, 7) is 3.63. The van der Waals surface area contributed by atoms with Gasteiger partial charge in [0.15, 0.2) is 5.96 Å². The molecule has 1 saturated carbocycles. The predicted octanol–water partition coefficient (Wildman–Crippen LogP) is 2.63. The van der Waals surface area contributed by atoms with Crippen LogP contribution in [0.4, 0.5) is 0 Å². The Morgan fingerprint density at radius 1 is 1.35 bits per heavy atom. The molecule has 0 spiro atoms. The second-order valence-corrected chi connectivity index (χ2v) is 5.93. The summed E-state index contributed by atoms with van der Waals surface area (Å²) >= 11 is 5.90. The van der Waals surface area contributed by atoms with Crippen LogP contribution in [-0.4, -0.2) is 42.9 Å². The smallest absolute Gasteiger partial charge is 0.242 e. The number of hydrogen-bond acceptors (Lipinski definition) is 2. The quantitative estimate of drug-likeness (QED) is 0.398. The Labute approximate surface area is 159 Å². The van der Waals surface area contributed by atoms with Crippen LogP contribution in [0.3, 0.4) is 0 Å². The highest BCUT2D eigenvalue weighted by molar-refractivity contribution is 14.0. The first-order valence-electron chi connectivity index (χ1n) is 7.61. The van der Waals surface area contributed by atoms with E-state index in [-0.39, 0.29) is 36.4 Å². The van der Waals surface area contributed by atoms with E-state index in [2.05, 4.69) is 15.6 Å². The third kappa shape index (κ3) is 7.39. The van der Waals surface area contributed by atoms with Crippen molar-refractivity contribution in [3.05, 3.63) is 34.9 Å². The van der Waals surface area contributed by atoms with Crippen molar-refractivity contribution in [2.75, 3.05) is 20.1 Å². The summed E-state index contributed by atoms with van der Waals surface area (Å²) in [4.78, 5) is 18.1. The van der Waals surface area contributed by atoms with Gasteiger partial charge in [-0.3, -0.25) is 4.79 Å². The van der Waals surface area contributed by atoms with Crippen LogP contribution in [0.15, 0.2) is 29.3 Å². The lowest BCUT2D eigenvalue weighted by molar-refractivity contribution is -0.119. The van der Waals surface area contributed by atoms with Crippen molar-refractivity contribution in [3.63, 3.8) is 0 Å². The molecule has 1 amide bonds. The van der Waals surface area contributed by atoms with E-state index in [1.807, 2.05) is 43.1 Å². The lowest BCUT2D eigenvalue weighted by Crippen LogP contribution is -2.39. The molecule has 5 nitrogen and oxygen atoms in total. The van der Waals surface area contributed by atoms with E-state index < -0.39 is 0 Å². The first-order valence-corrected chi connectivity index (χ1v) is 7.99. The van der Waals surface area contributed by atoms with Gasteiger partial charge in [0, 0.05) is 31.2 Å². The molecule has 128 valence electrons. The molecule has 1 aromatic carbocycles. The van der Waals surface area contributed by atoms with Gasteiger partial charge in [-0.1, -0.05) is 23.7 Å². The maximum atomic E-state index is 11.7. The average molecular weight is 451 g/mol. The minimum Gasteiger partial charge on any atom is -0.357 e. The second-order valence-electron chi connectivity index (χ2n) is 5.49. The molecule has 1 aliphatic carbocycles. The molecule has 7 heteroatoms. The summed E-state index contributed by atoms with van der Waals surface area (Å²) in [7, 11) is 1.95. The van der Waals surface area contributed by atoms with Crippen molar-refractivity contribution in [1.29, 1.82) is 0 Å². The number of benzene rings is 1. The number of nitrogens with zero attached hydrogens (tertiary/aromatic N) is 2. The number of rotatable bonds is 6. The van der Waals surface area contributed by atoms with Crippen LogP contribution in [0.1, 0.15) is 25.3 Å². The van der Waals surface area contributed by atoms with Crippen LogP contribution in [0, 0.1) is 0 Å². The number of nitrogens with one attached hydrogen (secondary N) is 2. The van der Waals surface area contributed by atoms with Crippen LogP contribution >= 0.6 is 35.6 Å².